The van der Waals surface area contributed by atoms with Gasteiger partial charge in [0.2, 0.25) is 17.7 Å². The van der Waals surface area contributed by atoms with Gasteiger partial charge in [-0.05, 0) is 36.8 Å². The molecule has 0 unspecified atom stereocenters. The fourth-order valence-electron chi connectivity index (χ4n) is 4.20. The lowest BCUT2D eigenvalue weighted by molar-refractivity contribution is -0.148. The number of nitrogens with one attached hydrogen (secondary N) is 1. The van der Waals surface area contributed by atoms with Crippen LogP contribution in [0.15, 0.2) is 43.1 Å². The summed E-state index contributed by atoms with van der Waals surface area (Å²) in [5.74, 6) is -0.669. The molecule has 2 aliphatic rings. The molecule has 3 heterocycles. The van der Waals surface area contributed by atoms with Gasteiger partial charge in [-0.15, -0.1) is 0 Å². The molecule has 3 amide bonds. The van der Waals surface area contributed by atoms with Crippen molar-refractivity contribution < 1.29 is 14.4 Å². The number of carbonyl (C=O) groups excluding carboxylic acids is 3. The number of nitrogens with zero attached hydrogens (tertiary/aromatic N) is 5. The molecule has 4 rings (SSSR count). The first kappa shape index (κ1) is 20.9. The first-order valence-electron chi connectivity index (χ1n) is 10.5. The van der Waals surface area contributed by atoms with Crippen molar-refractivity contribution in [1.82, 2.24) is 30.0 Å². The molecular weight excluding hydrogens is 396 g/mol. The van der Waals surface area contributed by atoms with Crippen LogP contribution >= 0.6 is 0 Å². The van der Waals surface area contributed by atoms with E-state index in [1.807, 2.05) is 32.1 Å². The van der Waals surface area contributed by atoms with Crippen molar-refractivity contribution in [2.45, 2.75) is 45.7 Å². The Kier molecular flexibility index (Phi) is 5.92. The van der Waals surface area contributed by atoms with Gasteiger partial charge in [-0.25, -0.2) is 14.6 Å². The Hall–Kier alpha value is -3.36. The van der Waals surface area contributed by atoms with E-state index >= 15 is 0 Å². The van der Waals surface area contributed by atoms with Crippen molar-refractivity contribution in [2.75, 3.05) is 0 Å². The third-order valence-electron chi connectivity index (χ3n) is 5.78. The van der Waals surface area contributed by atoms with Crippen molar-refractivity contribution in [3.63, 3.8) is 0 Å². The predicted octanol–water partition coefficient (Wildman–Crippen LogP) is 1.64. The monoisotopic (exact) mass is 422 g/mol. The van der Waals surface area contributed by atoms with Gasteiger partial charge in [0.25, 0.3) is 0 Å². The van der Waals surface area contributed by atoms with E-state index in [0.29, 0.717) is 25.1 Å². The van der Waals surface area contributed by atoms with E-state index in [2.05, 4.69) is 20.4 Å². The van der Waals surface area contributed by atoms with Crippen LogP contribution in [0.2, 0.25) is 0 Å². The van der Waals surface area contributed by atoms with Crippen molar-refractivity contribution in [3.05, 3.63) is 48.7 Å². The third kappa shape index (κ3) is 4.26. The molecule has 162 valence electrons. The summed E-state index contributed by atoms with van der Waals surface area (Å²) in [6.07, 6.45) is 10.1. The Labute approximate surface area is 180 Å². The largest absolute Gasteiger partial charge is 0.350 e. The van der Waals surface area contributed by atoms with E-state index in [1.165, 1.54) is 11.2 Å². The standard InChI is InChI=1S/C22H26N6O3/c1-14(2)9-18(28-21(30)16-5-3-4-6-17(16)22(28)31)20(29)25-11-15-7-8-19(24-10-15)27-13-23-12-26-27/h3-4,7-8,10,12-14,16-18H,5-6,9,11H2,1-2H3,(H,25,29)/t16-,17+,18-/m0/s1. The number of fused-ring (bicyclic) bond motifs is 1. The van der Waals surface area contributed by atoms with Gasteiger partial charge in [-0.2, -0.15) is 5.10 Å². The molecule has 31 heavy (non-hydrogen) atoms. The summed E-state index contributed by atoms with van der Waals surface area (Å²) < 4.78 is 1.54. The van der Waals surface area contributed by atoms with Gasteiger partial charge in [-0.1, -0.05) is 32.1 Å². The minimum Gasteiger partial charge on any atom is -0.350 e. The van der Waals surface area contributed by atoms with Gasteiger partial charge in [0.15, 0.2) is 5.82 Å². The Morgan fingerprint density at radius 2 is 1.87 bits per heavy atom. The zero-order valence-electron chi connectivity index (χ0n) is 17.6. The van der Waals surface area contributed by atoms with E-state index in [-0.39, 0.29) is 42.0 Å². The summed E-state index contributed by atoms with van der Waals surface area (Å²) in [6.45, 7) is 4.21. The molecule has 0 spiro atoms. The Morgan fingerprint density at radius 1 is 1.16 bits per heavy atom. The van der Waals surface area contributed by atoms with Crippen LogP contribution in [-0.2, 0) is 20.9 Å². The molecule has 0 aromatic carbocycles. The number of pyridine rings is 1. The van der Waals surface area contributed by atoms with Crippen molar-refractivity contribution in [3.8, 4) is 5.82 Å². The number of carbonyl (C=O) groups is 3. The lowest BCUT2D eigenvalue weighted by Gasteiger charge is -2.27. The second-order valence-electron chi connectivity index (χ2n) is 8.43. The number of rotatable bonds is 7. The zero-order valence-corrected chi connectivity index (χ0v) is 17.6. The van der Waals surface area contributed by atoms with Gasteiger partial charge >= 0.3 is 0 Å². The fraction of sp³-hybridized carbons (Fsp3) is 0.455. The van der Waals surface area contributed by atoms with Gasteiger partial charge in [-0.3, -0.25) is 19.3 Å². The third-order valence-corrected chi connectivity index (χ3v) is 5.78. The highest BCUT2D eigenvalue weighted by Crippen LogP contribution is 2.37. The van der Waals surface area contributed by atoms with Gasteiger partial charge in [0.05, 0.1) is 11.8 Å². The van der Waals surface area contributed by atoms with E-state index in [9.17, 15) is 14.4 Å². The molecule has 9 heteroatoms. The van der Waals surface area contributed by atoms with Crippen molar-refractivity contribution in [1.29, 1.82) is 0 Å². The molecule has 2 aromatic rings. The van der Waals surface area contributed by atoms with Gasteiger partial charge in [0, 0.05) is 12.7 Å². The topological polar surface area (TPSA) is 110 Å². The number of imide groups is 1. The molecular formula is C22H26N6O3. The van der Waals surface area contributed by atoms with Crippen LogP contribution in [0, 0.1) is 17.8 Å². The number of allylic oxidation sites excluding steroid dienone is 2. The van der Waals surface area contributed by atoms with Crippen LogP contribution in [0.4, 0.5) is 0 Å². The van der Waals surface area contributed by atoms with Crippen LogP contribution in [0.5, 0.6) is 0 Å². The molecule has 1 aliphatic heterocycles. The number of aromatic nitrogens is 4. The van der Waals surface area contributed by atoms with E-state index < -0.39 is 6.04 Å². The minimum absolute atomic E-state index is 0.153. The number of hydrogen-bond acceptors (Lipinski definition) is 6. The van der Waals surface area contributed by atoms with Crippen LogP contribution in [0.3, 0.4) is 0 Å². The van der Waals surface area contributed by atoms with E-state index in [0.717, 1.165) is 5.56 Å². The zero-order chi connectivity index (χ0) is 22.0. The lowest BCUT2D eigenvalue weighted by atomic mass is 9.85. The lowest BCUT2D eigenvalue weighted by Crippen LogP contribution is -2.50. The molecule has 1 aliphatic carbocycles. The molecule has 9 nitrogen and oxygen atoms in total. The highest BCUT2D eigenvalue weighted by molar-refractivity contribution is 6.08. The Morgan fingerprint density at radius 3 is 2.42 bits per heavy atom. The molecule has 2 aromatic heterocycles. The summed E-state index contributed by atoms with van der Waals surface area (Å²) in [5.41, 5.74) is 0.803. The molecule has 1 saturated heterocycles. The summed E-state index contributed by atoms with van der Waals surface area (Å²) in [5, 5.41) is 6.91. The maximum atomic E-state index is 13.1. The first-order valence-corrected chi connectivity index (χ1v) is 10.5. The van der Waals surface area contributed by atoms with Crippen LogP contribution in [-0.4, -0.2) is 48.4 Å². The van der Waals surface area contributed by atoms with E-state index in [1.54, 1.807) is 23.3 Å². The smallest absolute Gasteiger partial charge is 0.243 e. The molecule has 1 N–H and O–H groups in total. The van der Waals surface area contributed by atoms with E-state index in [4.69, 9.17) is 0 Å². The minimum atomic E-state index is -0.798. The van der Waals surface area contributed by atoms with Crippen LogP contribution in [0.1, 0.15) is 38.7 Å². The first-order chi connectivity index (χ1) is 15.0. The quantitative estimate of drug-likeness (QED) is 0.537. The van der Waals surface area contributed by atoms with Crippen molar-refractivity contribution >= 4 is 17.7 Å². The maximum absolute atomic E-state index is 13.1. The molecule has 3 atom stereocenters. The predicted molar refractivity (Wildman–Crippen MR) is 111 cm³/mol. The van der Waals surface area contributed by atoms with Crippen LogP contribution < -0.4 is 5.32 Å². The summed E-state index contributed by atoms with van der Waals surface area (Å²) in [7, 11) is 0. The molecule has 0 saturated carbocycles. The highest BCUT2D eigenvalue weighted by Gasteiger charge is 2.51. The van der Waals surface area contributed by atoms with Crippen LogP contribution in [0.25, 0.3) is 5.82 Å². The Bertz CT molecular complexity index is 957. The summed E-state index contributed by atoms with van der Waals surface area (Å²) >= 11 is 0. The maximum Gasteiger partial charge on any atom is 0.243 e. The average Bonchev–Trinajstić information content (AvgIpc) is 3.39. The number of amides is 3. The normalized spacial score (nSPS) is 21.5. The number of likely N-dealkylation sites (tertiary alicyclic amines) is 1. The SMILES string of the molecule is CC(C)C[C@@H](C(=O)NCc1ccc(-n2cncn2)nc1)N1C(=O)[C@H]2CC=CC[C@H]2C1=O. The summed E-state index contributed by atoms with van der Waals surface area (Å²) in [6, 6.07) is 2.83. The van der Waals surface area contributed by atoms with Gasteiger partial charge in [0.1, 0.15) is 18.7 Å². The van der Waals surface area contributed by atoms with Crippen molar-refractivity contribution in [2.24, 2.45) is 17.8 Å². The average molecular weight is 422 g/mol. The number of hydrogen-bond donors (Lipinski definition) is 1. The highest BCUT2D eigenvalue weighted by atomic mass is 16.2. The second-order valence-corrected chi connectivity index (χ2v) is 8.43. The van der Waals surface area contributed by atoms with Gasteiger partial charge < -0.3 is 5.32 Å². The molecule has 0 radical (unpaired) electrons. The molecule has 1 fully saturated rings. The molecule has 0 bridgehead atoms. The second kappa shape index (κ2) is 8.79. The Balaban J connectivity index is 1.45. The summed E-state index contributed by atoms with van der Waals surface area (Å²) in [4.78, 5) is 48.5. The fourth-order valence-corrected chi connectivity index (χ4v) is 4.20.